The minimum atomic E-state index is -0.410. The number of hydrogen-bond acceptors (Lipinski definition) is 4. The fourth-order valence-electron chi connectivity index (χ4n) is 4.72. The van der Waals surface area contributed by atoms with Gasteiger partial charge in [0.15, 0.2) is 0 Å². The van der Waals surface area contributed by atoms with Gasteiger partial charge in [0.25, 0.3) is 0 Å². The number of amides is 1. The first kappa shape index (κ1) is 22.7. The van der Waals surface area contributed by atoms with Crippen molar-refractivity contribution in [1.82, 2.24) is 4.90 Å². The monoisotopic (exact) mass is 441 g/mol. The Kier molecular flexibility index (Phi) is 8.48. The lowest BCUT2D eigenvalue weighted by Gasteiger charge is -2.38. The molecule has 1 aliphatic heterocycles. The van der Waals surface area contributed by atoms with Crippen LogP contribution in [-0.4, -0.2) is 56.2 Å². The fourth-order valence-corrected chi connectivity index (χ4v) is 5.12. The van der Waals surface area contributed by atoms with Crippen molar-refractivity contribution < 1.29 is 9.53 Å². The van der Waals surface area contributed by atoms with Crippen molar-refractivity contribution in [3.63, 3.8) is 0 Å². The van der Waals surface area contributed by atoms with Crippen LogP contribution in [-0.2, 0) is 9.53 Å². The summed E-state index contributed by atoms with van der Waals surface area (Å²) in [4.78, 5) is 16.5. The topological polar surface area (TPSA) is 58.8 Å². The summed E-state index contributed by atoms with van der Waals surface area (Å²) in [7, 11) is 0. The highest BCUT2D eigenvalue weighted by atomic mass is 35.5. The summed E-state index contributed by atoms with van der Waals surface area (Å²) < 4.78 is 5.59. The molecule has 2 fully saturated rings. The van der Waals surface area contributed by atoms with Crippen LogP contribution >= 0.6 is 23.2 Å². The van der Waals surface area contributed by atoms with Crippen molar-refractivity contribution in [3.05, 3.63) is 28.2 Å². The Balaban J connectivity index is 1.39. The number of ether oxygens (including phenoxy) is 1. The number of rotatable bonds is 8. The summed E-state index contributed by atoms with van der Waals surface area (Å²) in [6, 6.07) is 5.66. The predicted octanol–water partition coefficient (Wildman–Crippen LogP) is 4.20. The Bertz CT molecular complexity index is 672. The molecule has 1 atom stereocenters. The highest BCUT2D eigenvalue weighted by Crippen LogP contribution is 2.34. The number of anilines is 1. The van der Waals surface area contributed by atoms with Crippen LogP contribution in [0.25, 0.3) is 0 Å². The van der Waals surface area contributed by atoms with Gasteiger partial charge in [0.2, 0.25) is 5.91 Å². The number of carbonyl (C=O) groups is 1. The van der Waals surface area contributed by atoms with Gasteiger partial charge < -0.3 is 15.4 Å². The zero-order valence-electron chi connectivity index (χ0n) is 17.3. The van der Waals surface area contributed by atoms with Gasteiger partial charge in [-0.3, -0.25) is 9.69 Å². The number of nitrogens with two attached hydrogens (primary N) is 1. The Labute approximate surface area is 184 Å². The Morgan fingerprint density at radius 2 is 1.86 bits per heavy atom. The highest BCUT2D eigenvalue weighted by Gasteiger charge is 2.31. The van der Waals surface area contributed by atoms with E-state index in [-0.39, 0.29) is 11.8 Å². The van der Waals surface area contributed by atoms with E-state index >= 15 is 0 Å². The summed E-state index contributed by atoms with van der Waals surface area (Å²) in [5.74, 6) is 0.712. The van der Waals surface area contributed by atoms with Gasteiger partial charge >= 0.3 is 0 Å². The van der Waals surface area contributed by atoms with Crippen LogP contribution in [0.5, 0.6) is 0 Å². The molecule has 7 heteroatoms. The normalized spacial score (nSPS) is 24.4. The molecule has 0 aromatic heterocycles. The van der Waals surface area contributed by atoms with E-state index in [0.29, 0.717) is 6.61 Å². The predicted molar refractivity (Wildman–Crippen MR) is 120 cm³/mol. The van der Waals surface area contributed by atoms with E-state index in [0.717, 1.165) is 67.2 Å². The maximum Gasteiger partial charge on any atom is 0.246 e. The van der Waals surface area contributed by atoms with Crippen molar-refractivity contribution >= 4 is 34.8 Å². The molecule has 2 aliphatic rings. The molecule has 0 bridgehead atoms. The number of carbonyl (C=O) groups excluding carboxylic acids is 1. The van der Waals surface area contributed by atoms with Gasteiger partial charge in [-0.2, -0.15) is 0 Å². The van der Waals surface area contributed by atoms with Gasteiger partial charge in [0.1, 0.15) is 6.10 Å². The van der Waals surface area contributed by atoms with E-state index in [1.54, 1.807) is 0 Å². The third kappa shape index (κ3) is 6.24. The zero-order valence-corrected chi connectivity index (χ0v) is 18.8. The lowest BCUT2D eigenvalue weighted by atomic mass is 9.78. The Morgan fingerprint density at radius 3 is 2.48 bits per heavy atom. The second kappa shape index (κ2) is 10.9. The van der Waals surface area contributed by atoms with Crippen LogP contribution in [0.3, 0.4) is 0 Å². The first-order chi connectivity index (χ1) is 14.0. The van der Waals surface area contributed by atoms with Crippen molar-refractivity contribution in [2.45, 2.75) is 45.1 Å². The second-order valence-corrected chi connectivity index (χ2v) is 9.12. The van der Waals surface area contributed by atoms with Crippen molar-refractivity contribution in [2.24, 2.45) is 17.6 Å². The molecular formula is C22H33Cl2N3O2. The van der Waals surface area contributed by atoms with Crippen molar-refractivity contribution in [2.75, 3.05) is 44.2 Å². The molecular weight excluding hydrogens is 409 g/mol. The molecule has 2 N–H and O–H groups in total. The number of primary amides is 1. The molecule has 5 nitrogen and oxygen atoms in total. The van der Waals surface area contributed by atoms with Crippen molar-refractivity contribution in [1.29, 1.82) is 0 Å². The van der Waals surface area contributed by atoms with Crippen LogP contribution in [0, 0.1) is 11.8 Å². The maximum absolute atomic E-state index is 11.6. The smallest absolute Gasteiger partial charge is 0.246 e. The standard InChI is InChI=1S/C22H33Cl2N3O2/c1-2-29-21(22(25)28)17-5-3-16(4-6-17)9-10-26-11-13-27(14-12-26)20-15-18(23)7-8-19(20)24/h7-8,15-17,21H,2-6,9-14H2,1H3,(H2,25,28). The molecule has 1 saturated heterocycles. The van der Waals surface area contributed by atoms with Crippen LogP contribution < -0.4 is 10.6 Å². The maximum atomic E-state index is 11.6. The molecule has 1 aliphatic carbocycles. The fraction of sp³-hybridized carbons (Fsp3) is 0.682. The average Bonchev–Trinajstić information content (AvgIpc) is 2.73. The molecule has 0 radical (unpaired) electrons. The number of halogens is 2. The minimum Gasteiger partial charge on any atom is -0.368 e. The summed E-state index contributed by atoms with van der Waals surface area (Å²) in [6.07, 6.45) is 5.23. The van der Waals surface area contributed by atoms with Crippen molar-refractivity contribution in [3.8, 4) is 0 Å². The first-order valence-corrected chi connectivity index (χ1v) is 11.6. The summed E-state index contributed by atoms with van der Waals surface area (Å²) in [5.41, 5.74) is 6.56. The quantitative estimate of drug-likeness (QED) is 0.656. The van der Waals surface area contributed by atoms with Gasteiger partial charge in [-0.25, -0.2) is 0 Å². The third-order valence-electron chi connectivity index (χ3n) is 6.42. The molecule has 1 aromatic rings. The molecule has 162 valence electrons. The number of benzene rings is 1. The number of piperazine rings is 1. The molecule has 1 aromatic carbocycles. The second-order valence-electron chi connectivity index (χ2n) is 8.27. The van der Waals surface area contributed by atoms with Crippen LogP contribution in [0.4, 0.5) is 5.69 Å². The Morgan fingerprint density at radius 1 is 1.17 bits per heavy atom. The van der Waals surface area contributed by atoms with E-state index in [9.17, 15) is 4.79 Å². The largest absolute Gasteiger partial charge is 0.368 e. The van der Waals surface area contributed by atoms with Gasteiger partial charge in [0, 0.05) is 37.8 Å². The van der Waals surface area contributed by atoms with E-state index in [4.69, 9.17) is 33.7 Å². The lowest BCUT2D eigenvalue weighted by Crippen LogP contribution is -2.47. The summed E-state index contributed by atoms with van der Waals surface area (Å²) >= 11 is 12.5. The molecule has 1 unspecified atom stereocenters. The number of nitrogens with zero attached hydrogens (tertiary/aromatic N) is 2. The van der Waals surface area contributed by atoms with Crippen LogP contribution in [0.2, 0.25) is 10.0 Å². The summed E-state index contributed by atoms with van der Waals surface area (Å²) in [5, 5.41) is 1.49. The molecule has 1 amide bonds. The highest BCUT2D eigenvalue weighted by molar-refractivity contribution is 6.35. The SMILES string of the molecule is CCOC(C(N)=O)C1CCC(CCN2CCN(c3cc(Cl)ccc3Cl)CC2)CC1. The van der Waals surface area contributed by atoms with Crippen LogP contribution in [0.15, 0.2) is 18.2 Å². The molecule has 3 rings (SSSR count). The van der Waals surface area contributed by atoms with Gasteiger partial charge in [-0.1, -0.05) is 36.0 Å². The minimum absolute atomic E-state index is 0.287. The van der Waals surface area contributed by atoms with E-state index < -0.39 is 6.10 Å². The van der Waals surface area contributed by atoms with Gasteiger partial charge in [-0.05, 0) is 62.8 Å². The Hall–Kier alpha value is -1.01. The zero-order chi connectivity index (χ0) is 20.8. The molecule has 29 heavy (non-hydrogen) atoms. The summed E-state index contributed by atoms with van der Waals surface area (Å²) in [6.45, 7) is 7.64. The molecule has 0 spiro atoms. The van der Waals surface area contributed by atoms with E-state index in [2.05, 4.69) is 9.80 Å². The lowest BCUT2D eigenvalue weighted by molar-refractivity contribution is -0.134. The average molecular weight is 442 g/mol. The molecule has 1 saturated carbocycles. The third-order valence-corrected chi connectivity index (χ3v) is 6.98. The van der Waals surface area contributed by atoms with Crippen LogP contribution in [0.1, 0.15) is 39.0 Å². The van der Waals surface area contributed by atoms with E-state index in [1.165, 1.54) is 19.3 Å². The molecule has 1 heterocycles. The number of hydrogen-bond donors (Lipinski definition) is 1. The van der Waals surface area contributed by atoms with Gasteiger partial charge in [-0.15, -0.1) is 0 Å². The van der Waals surface area contributed by atoms with E-state index in [1.807, 2.05) is 25.1 Å². The first-order valence-electron chi connectivity index (χ1n) is 10.8. The van der Waals surface area contributed by atoms with Gasteiger partial charge in [0.05, 0.1) is 10.7 Å².